The van der Waals surface area contributed by atoms with Gasteiger partial charge in [-0.1, -0.05) is 48.2 Å². The summed E-state index contributed by atoms with van der Waals surface area (Å²) in [6.07, 6.45) is 3.21. The lowest BCUT2D eigenvalue weighted by Crippen LogP contribution is -2.27. The summed E-state index contributed by atoms with van der Waals surface area (Å²) in [5.74, 6) is 0.651. The Bertz CT molecular complexity index is 1130. The fourth-order valence-corrected chi connectivity index (χ4v) is 3.28. The van der Waals surface area contributed by atoms with E-state index in [2.05, 4.69) is 20.6 Å². The summed E-state index contributed by atoms with van der Waals surface area (Å²) < 4.78 is 5.33. The number of carbonyl (C=O) groups is 1. The SMILES string of the molecule is CSc1ncc(/C(C)=N/Cc2ccccc2)c(Nc2cccc(NC(=O)OC(C)(C)C)c2)n1. The highest BCUT2D eigenvalue weighted by Gasteiger charge is 2.16. The van der Waals surface area contributed by atoms with Gasteiger partial charge >= 0.3 is 6.09 Å². The fraction of sp³-hybridized carbons (Fsp3) is 0.280. The fourth-order valence-electron chi connectivity index (χ4n) is 2.94. The van der Waals surface area contributed by atoms with Crippen molar-refractivity contribution in [2.45, 2.75) is 45.0 Å². The molecule has 0 spiro atoms. The molecular weight excluding hydrogens is 434 g/mol. The van der Waals surface area contributed by atoms with Gasteiger partial charge in [0.1, 0.15) is 11.4 Å². The second-order valence-electron chi connectivity index (χ2n) is 8.34. The standard InChI is InChI=1S/C25H29N5O2S/c1-17(26-15-18-10-7-6-8-11-18)21-16-27-23(33-5)30-22(21)28-19-12-9-13-20(14-19)29-24(31)32-25(2,3)4/h6-14,16H,15H2,1-5H3,(H,29,31)(H,27,28,30)/b26-17+. The van der Waals surface area contributed by atoms with Gasteiger partial charge < -0.3 is 10.1 Å². The predicted molar refractivity (Wildman–Crippen MR) is 136 cm³/mol. The molecule has 172 valence electrons. The van der Waals surface area contributed by atoms with E-state index in [9.17, 15) is 4.79 Å². The molecule has 0 unspecified atom stereocenters. The maximum absolute atomic E-state index is 12.1. The van der Waals surface area contributed by atoms with Crippen LogP contribution in [0.1, 0.15) is 38.8 Å². The van der Waals surface area contributed by atoms with Crippen molar-refractivity contribution in [1.82, 2.24) is 9.97 Å². The molecule has 7 nitrogen and oxygen atoms in total. The second kappa shape index (κ2) is 11.0. The molecule has 33 heavy (non-hydrogen) atoms. The van der Waals surface area contributed by atoms with E-state index < -0.39 is 11.7 Å². The molecule has 2 aromatic carbocycles. The number of anilines is 3. The van der Waals surface area contributed by atoms with Crippen molar-refractivity contribution in [3.8, 4) is 0 Å². The summed E-state index contributed by atoms with van der Waals surface area (Å²) in [6, 6.07) is 17.5. The number of nitrogens with one attached hydrogen (secondary N) is 2. The maximum atomic E-state index is 12.1. The van der Waals surface area contributed by atoms with E-state index >= 15 is 0 Å². The van der Waals surface area contributed by atoms with Crippen LogP contribution < -0.4 is 10.6 Å². The van der Waals surface area contributed by atoms with Crippen molar-refractivity contribution in [1.29, 1.82) is 0 Å². The van der Waals surface area contributed by atoms with Gasteiger partial charge in [0.15, 0.2) is 5.16 Å². The minimum atomic E-state index is -0.569. The summed E-state index contributed by atoms with van der Waals surface area (Å²) in [5.41, 5.74) is 3.59. The Morgan fingerprint density at radius 2 is 1.82 bits per heavy atom. The van der Waals surface area contributed by atoms with E-state index in [4.69, 9.17) is 9.73 Å². The molecule has 0 fully saturated rings. The highest BCUT2D eigenvalue weighted by atomic mass is 32.2. The third-order valence-electron chi connectivity index (χ3n) is 4.45. The highest BCUT2D eigenvalue weighted by molar-refractivity contribution is 7.98. The molecule has 1 amide bonds. The van der Waals surface area contributed by atoms with Gasteiger partial charge in [0.2, 0.25) is 0 Å². The molecule has 0 saturated carbocycles. The normalized spacial score (nSPS) is 11.7. The first kappa shape index (κ1) is 24.3. The van der Waals surface area contributed by atoms with Crippen molar-refractivity contribution in [3.05, 3.63) is 71.9 Å². The molecular formula is C25H29N5O2S. The van der Waals surface area contributed by atoms with Crippen molar-refractivity contribution >= 4 is 40.8 Å². The number of aromatic nitrogens is 2. The highest BCUT2D eigenvalue weighted by Crippen LogP contribution is 2.24. The summed E-state index contributed by atoms with van der Waals surface area (Å²) in [6.45, 7) is 8.00. The lowest BCUT2D eigenvalue weighted by molar-refractivity contribution is 0.0636. The van der Waals surface area contributed by atoms with Gasteiger partial charge in [0, 0.05) is 23.3 Å². The zero-order valence-corrected chi connectivity index (χ0v) is 20.4. The monoisotopic (exact) mass is 463 g/mol. The lowest BCUT2D eigenvalue weighted by Gasteiger charge is -2.20. The Labute approximate surface area is 199 Å². The van der Waals surface area contributed by atoms with E-state index in [-0.39, 0.29) is 0 Å². The van der Waals surface area contributed by atoms with Crippen LogP contribution in [0.15, 0.2) is 70.9 Å². The van der Waals surface area contributed by atoms with E-state index in [1.807, 2.05) is 82.5 Å². The molecule has 2 N–H and O–H groups in total. The van der Waals surface area contributed by atoms with Gasteiger partial charge in [0.25, 0.3) is 0 Å². The van der Waals surface area contributed by atoms with Crippen LogP contribution in [-0.2, 0) is 11.3 Å². The number of hydrogen-bond acceptors (Lipinski definition) is 7. The van der Waals surface area contributed by atoms with E-state index in [1.54, 1.807) is 12.3 Å². The molecule has 3 rings (SSSR count). The number of rotatable bonds is 7. The van der Waals surface area contributed by atoms with Crippen LogP contribution >= 0.6 is 11.8 Å². The summed E-state index contributed by atoms with van der Waals surface area (Å²) >= 11 is 1.47. The lowest BCUT2D eigenvalue weighted by atomic mass is 10.2. The minimum Gasteiger partial charge on any atom is -0.444 e. The van der Waals surface area contributed by atoms with Crippen molar-refractivity contribution in [2.75, 3.05) is 16.9 Å². The maximum Gasteiger partial charge on any atom is 0.412 e. The van der Waals surface area contributed by atoms with Crippen molar-refractivity contribution in [2.24, 2.45) is 4.99 Å². The van der Waals surface area contributed by atoms with Crippen LogP contribution in [0.3, 0.4) is 0 Å². The number of ether oxygens (including phenoxy) is 1. The molecule has 0 radical (unpaired) electrons. The summed E-state index contributed by atoms with van der Waals surface area (Å²) in [4.78, 5) is 25.9. The average Bonchev–Trinajstić information content (AvgIpc) is 2.77. The van der Waals surface area contributed by atoms with E-state index in [0.717, 1.165) is 22.5 Å². The minimum absolute atomic E-state index is 0.504. The number of nitrogens with zero attached hydrogens (tertiary/aromatic N) is 3. The van der Waals surface area contributed by atoms with Crippen LogP contribution in [0.4, 0.5) is 22.0 Å². The molecule has 0 atom stereocenters. The number of hydrogen-bond donors (Lipinski definition) is 2. The summed E-state index contributed by atoms with van der Waals surface area (Å²) in [5, 5.41) is 6.77. The number of benzene rings is 2. The number of carbonyl (C=O) groups excluding carboxylic acids is 1. The Morgan fingerprint density at radius 3 is 2.52 bits per heavy atom. The smallest absolute Gasteiger partial charge is 0.412 e. The van der Waals surface area contributed by atoms with Crippen LogP contribution in [0.2, 0.25) is 0 Å². The molecule has 3 aromatic rings. The van der Waals surface area contributed by atoms with Crippen molar-refractivity contribution < 1.29 is 9.53 Å². The molecule has 0 bridgehead atoms. The third-order valence-corrected chi connectivity index (χ3v) is 5.01. The van der Waals surface area contributed by atoms with Crippen LogP contribution in [0.25, 0.3) is 0 Å². The molecule has 1 heterocycles. The topological polar surface area (TPSA) is 88.5 Å². The Balaban J connectivity index is 1.82. The molecule has 0 aliphatic carbocycles. The average molecular weight is 464 g/mol. The molecule has 0 aliphatic rings. The Morgan fingerprint density at radius 1 is 1.09 bits per heavy atom. The van der Waals surface area contributed by atoms with E-state index in [0.29, 0.717) is 23.2 Å². The van der Waals surface area contributed by atoms with E-state index in [1.165, 1.54) is 11.8 Å². The van der Waals surface area contributed by atoms with Crippen molar-refractivity contribution in [3.63, 3.8) is 0 Å². The molecule has 8 heteroatoms. The molecule has 0 saturated heterocycles. The van der Waals surface area contributed by atoms with Gasteiger partial charge in [-0.15, -0.1) is 0 Å². The first-order valence-corrected chi connectivity index (χ1v) is 11.8. The van der Waals surface area contributed by atoms with Crippen LogP contribution in [0.5, 0.6) is 0 Å². The van der Waals surface area contributed by atoms with Gasteiger partial charge in [-0.05, 0) is 57.7 Å². The van der Waals surface area contributed by atoms with Crippen LogP contribution in [0, 0.1) is 0 Å². The van der Waals surface area contributed by atoms with Crippen LogP contribution in [-0.4, -0.2) is 33.6 Å². The summed E-state index contributed by atoms with van der Waals surface area (Å²) in [7, 11) is 0. The number of thioether (sulfide) groups is 1. The van der Waals surface area contributed by atoms with Gasteiger partial charge in [-0.25, -0.2) is 14.8 Å². The number of aliphatic imine (C=N–C) groups is 1. The van der Waals surface area contributed by atoms with Gasteiger partial charge in [-0.2, -0.15) is 0 Å². The first-order valence-electron chi connectivity index (χ1n) is 10.6. The number of amides is 1. The third kappa shape index (κ3) is 7.61. The second-order valence-corrected chi connectivity index (χ2v) is 9.11. The molecule has 0 aliphatic heterocycles. The quantitative estimate of drug-likeness (QED) is 0.243. The largest absolute Gasteiger partial charge is 0.444 e. The first-order chi connectivity index (χ1) is 15.7. The van der Waals surface area contributed by atoms with Gasteiger partial charge in [0.05, 0.1) is 12.1 Å². The Kier molecular flexibility index (Phi) is 8.06. The predicted octanol–water partition coefficient (Wildman–Crippen LogP) is 6.30. The Hall–Kier alpha value is -3.39. The zero-order valence-electron chi connectivity index (χ0n) is 19.5. The zero-order chi connectivity index (χ0) is 23.8. The molecule has 1 aromatic heterocycles. The van der Waals surface area contributed by atoms with Gasteiger partial charge in [-0.3, -0.25) is 10.3 Å².